The molecule has 16 heavy (non-hydrogen) atoms. The van der Waals surface area contributed by atoms with E-state index >= 15 is 0 Å². The van der Waals surface area contributed by atoms with Crippen molar-refractivity contribution in [1.82, 2.24) is 10.1 Å². The number of hydrogen-bond donors (Lipinski definition) is 0. The van der Waals surface area contributed by atoms with Crippen LogP contribution in [0.25, 0.3) is 0 Å². The van der Waals surface area contributed by atoms with Crippen molar-refractivity contribution in [2.24, 2.45) is 0 Å². The fourth-order valence-corrected chi connectivity index (χ4v) is 2.18. The summed E-state index contributed by atoms with van der Waals surface area (Å²) in [6, 6.07) is 2.51. The van der Waals surface area contributed by atoms with Crippen LogP contribution in [-0.2, 0) is 11.3 Å². The molecule has 0 radical (unpaired) electrons. The predicted octanol–water partition coefficient (Wildman–Crippen LogP) is 1.98. The molecular formula is C12H20N2O2. The van der Waals surface area contributed by atoms with Crippen molar-refractivity contribution in [2.75, 3.05) is 13.2 Å². The summed E-state index contributed by atoms with van der Waals surface area (Å²) in [6.45, 7) is 8.91. The number of rotatable bonds is 3. The van der Waals surface area contributed by atoms with Gasteiger partial charge < -0.3 is 9.26 Å². The molecule has 4 heteroatoms. The highest BCUT2D eigenvalue weighted by atomic mass is 16.5. The SMILES string of the molecule is CC[C@H]1CO[C@H](C)CN1Cc1cc(C)on1. The Morgan fingerprint density at radius 1 is 1.56 bits per heavy atom. The van der Waals surface area contributed by atoms with E-state index in [-0.39, 0.29) is 0 Å². The van der Waals surface area contributed by atoms with Gasteiger partial charge in [-0.3, -0.25) is 4.90 Å². The normalized spacial score (nSPS) is 27.2. The maximum atomic E-state index is 5.67. The second-order valence-electron chi connectivity index (χ2n) is 4.56. The fourth-order valence-electron chi connectivity index (χ4n) is 2.18. The van der Waals surface area contributed by atoms with Gasteiger partial charge in [-0.25, -0.2) is 0 Å². The second-order valence-corrected chi connectivity index (χ2v) is 4.56. The van der Waals surface area contributed by atoms with Gasteiger partial charge in [-0.15, -0.1) is 0 Å². The van der Waals surface area contributed by atoms with Crippen LogP contribution in [-0.4, -0.2) is 35.4 Å². The minimum Gasteiger partial charge on any atom is -0.376 e. The summed E-state index contributed by atoms with van der Waals surface area (Å²) < 4.78 is 10.8. The van der Waals surface area contributed by atoms with E-state index in [9.17, 15) is 0 Å². The summed E-state index contributed by atoms with van der Waals surface area (Å²) in [5, 5.41) is 4.05. The lowest BCUT2D eigenvalue weighted by atomic mass is 10.1. The Morgan fingerprint density at radius 3 is 3.00 bits per heavy atom. The third kappa shape index (κ3) is 2.62. The molecule has 1 saturated heterocycles. The Hall–Kier alpha value is -0.870. The highest BCUT2D eigenvalue weighted by Crippen LogP contribution is 2.17. The number of ether oxygens (including phenoxy) is 1. The lowest BCUT2D eigenvalue weighted by Crippen LogP contribution is -2.47. The standard InChI is InChI=1S/C12H20N2O2/c1-4-12-8-15-10(3)6-14(12)7-11-5-9(2)16-13-11/h5,10,12H,4,6-8H2,1-3H3/t10-,12+/m1/s1. The Kier molecular flexibility index (Phi) is 3.61. The van der Waals surface area contributed by atoms with Gasteiger partial charge in [0.25, 0.3) is 0 Å². The van der Waals surface area contributed by atoms with Crippen LogP contribution in [0.1, 0.15) is 31.7 Å². The maximum Gasteiger partial charge on any atom is 0.133 e. The summed E-state index contributed by atoms with van der Waals surface area (Å²) in [4.78, 5) is 2.44. The zero-order valence-corrected chi connectivity index (χ0v) is 10.3. The van der Waals surface area contributed by atoms with Crippen LogP contribution in [0.15, 0.2) is 10.6 Å². The third-order valence-corrected chi connectivity index (χ3v) is 3.09. The molecule has 1 fully saturated rings. The van der Waals surface area contributed by atoms with Gasteiger partial charge in [-0.05, 0) is 20.3 Å². The topological polar surface area (TPSA) is 38.5 Å². The smallest absolute Gasteiger partial charge is 0.133 e. The van der Waals surface area contributed by atoms with Gasteiger partial charge in [0.1, 0.15) is 5.76 Å². The molecule has 0 saturated carbocycles. The number of aromatic nitrogens is 1. The molecular weight excluding hydrogens is 204 g/mol. The zero-order valence-electron chi connectivity index (χ0n) is 10.3. The lowest BCUT2D eigenvalue weighted by molar-refractivity contribution is -0.0598. The molecule has 0 unspecified atom stereocenters. The Balaban J connectivity index is 2.00. The van der Waals surface area contributed by atoms with Crippen molar-refractivity contribution in [2.45, 2.75) is 45.9 Å². The van der Waals surface area contributed by atoms with Crippen LogP contribution in [0.3, 0.4) is 0 Å². The molecule has 0 N–H and O–H groups in total. The highest BCUT2D eigenvalue weighted by Gasteiger charge is 2.26. The van der Waals surface area contributed by atoms with Crippen molar-refractivity contribution in [1.29, 1.82) is 0 Å². The van der Waals surface area contributed by atoms with Crippen LogP contribution in [0, 0.1) is 6.92 Å². The van der Waals surface area contributed by atoms with E-state index in [4.69, 9.17) is 9.26 Å². The van der Waals surface area contributed by atoms with E-state index in [1.54, 1.807) is 0 Å². The molecule has 4 nitrogen and oxygen atoms in total. The van der Waals surface area contributed by atoms with E-state index in [1.807, 2.05) is 13.0 Å². The Bertz CT molecular complexity index is 338. The van der Waals surface area contributed by atoms with E-state index in [2.05, 4.69) is 23.9 Å². The average molecular weight is 224 g/mol. The molecule has 2 rings (SSSR count). The number of nitrogens with zero attached hydrogens (tertiary/aromatic N) is 2. The summed E-state index contributed by atoms with van der Waals surface area (Å²) in [6.07, 6.45) is 1.43. The quantitative estimate of drug-likeness (QED) is 0.787. The molecule has 1 aliphatic heterocycles. The van der Waals surface area contributed by atoms with E-state index in [1.165, 1.54) is 0 Å². The maximum absolute atomic E-state index is 5.67. The van der Waals surface area contributed by atoms with Crippen LogP contribution < -0.4 is 0 Å². The first-order valence-electron chi connectivity index (χ1n) is 5.97. The van der Waals surface area contributed by atoms with Gasteiger partial charge >= 0.3 is 0 Å². The van der Waals surface area contributed by atoms with Crippen LogP contribution in [0.2, 0.25) is 0 Å². The molecule has 1 aliphatic rings. The van der Waals surface area contributed by atoms with Gasteiger partial charge in [0.15, 0.2) is 0 Å². The summed E-state index contributed by atoms with van der Waals surface area (Å²) in [5.74, 6) is 0.879. The first kappa shape index (κ1) is 11.6. The number of aryl methyl sites for hydroxylation is 1. The van der Waals surface area contributed by atoms with Crippen molar-refractivity contribution >= 4 is 0 Å². The molecule has 2 atom stereocenters. The molecule has 0 aliphatic carbocycles. The molecule has 90 valence electrons. The monoisotopic (exact) mass is 224 g/mol. The minimum atomic E-state index is 0.316. The van der Waals surface area contributed by atoms with Crippen molar-refractivity contribution in [3.8, 4) is 0 Å². The van der Waals surface area contributed by atoms with Crippen LogP contribution in [0.4, 0.5) is 0 Å². The third-order valence-electron chi connectivity index (χ3n) is 3.09. The predicted molar refractivity (Wildman–Crippen MR) is 61.1 cm³/mol. The van der Waals surface area contributed by atoms with Gasteiger partial charge in [0, 0.05) is 25.2 Å². The Morgan fingerprint density at radius 2 is 2.38 bits per heavy atom. The van der Waals surface area contributed by atoms with Gasteiger partial charge in [0.2, 0.25) is 0 Å². The molecule has 0 aromatic carbocycles. The molecule has 0 spiro atoms. The second kappa shape index (κ2) is 4.97. The fraction of sp³-hybridized carbons (Fsp3) is 0.750. The molecule has 1 aromatic heterocycles. The van der Waals surface area contributed by atoms with Crippen molar-refractivity contribution < 1.29 is 9.26 Å². The lowest BCUT2D eigenvalue weighted by Gasteiger charge is -2.37. The molecule has 1 aromatic rings. The van der Waals surface area contributed by atoms with Crippen molar-refractivity contribution in [3.05, 3.63) is 17.5 Å². The molecule has 0 amide bonds. The van der Waals surface area contributed by atoms with E-state index < -0.39 is 0 Å². The zero-order chi connectivity index (χ0) is 11.5. The summed E-state index contributed by atoms with van der Waals surface area (Å²) in [7, 11) is 0. The van der Waals surface area contributed by atoms with Gasteiger partial charge in [-0.2, -0.15) is 0 Å². The van der Waals surface area contributed by atoms with E-state index in [0.717, 1.165) is 37.6 Å². The first-order chi connectivity index (χ1) is 7.69. The van der Waals surface area contributed by atoms with Crippen LogP contribution in [0.5, 0.6) is 0 Å². The summed E-state index contributed by atoms with van der Waals surface area (Å²) in [5.41, 5.74) is 1.02. The Labute approximate surface area is 96.5 Å². The number of morpholine rings is 1. The average Bonchev–Trinajstić information content (AvgIpc) is 2.64. The number of hydrogen-bond acceptors (Lipinski definition) is 4. The van der Waals surface area contributed by atoms with E-state index in [0.29, 0.717) is 12.1 Å². The van der Waals surface area contributed by atoms with Gasteiger partial charge in [-0.1, -0.05) is 12.1 Å². The molecule has 2 heterocycles. The highest BCUT2D eigenvalue weighted by molar-refractivity contribution is 5.03. The molecule has 0 bridgehead atoms. The summed E-state index contributed by atoms with van der Waals surface area (Å²) >= 11 is 0. The largest absolute Gasteiger partial charge is 0.376 e. The first-order valence-corrected chi connectivity index (χ1v) is 5.97. The minimum absolute atomic E-state index is 0.316. The van der Waals surface area contributed by atoms with Crippen molar-refractivity contribution in [3.63, 3.8) is 0 Å². The van der Waals surface area contributed by atoms with Gasteiger partial charge in [0.05, 0.1) is 18.4 Å². The van der Waals surface area contributed by atoms with Crippen LogP contribution >= 0.6 is 0 Å².